The molecule has 2 N–H and O–H groups in total. The molecule has 0 aliphatic heterocycles. The Morgan fingerprint density at radius 3 is 2.50 bits per heavy atom. The molecule has 0 saturated heterocycles. The fourth-order valence-corrected chi connectivity index (χ4v) is 1.40. The van der Waals surface area contributed by atoms with E-state index in [1.807, 2.05) is 0 Å². The number of aliphatic hydroxyl groups is 1. The molecule has 4 nitrogen and oxygen atoms in total. The zero-order valence-electron chi connectivity index (χ0n) is 11.1. The summed E-state index contributed by atoms with van der Waals surface area (Å²) < 4.78 is 40.4. The Bertz CT molecular complexity index is 460. The Kier molecular flexibility index (Phi) is 5.38. The Morgan fingerprint density at radius 2 is 1.95 bits per heavy atom. The van der Waals surface area contributed by atoms with Crippen molar-refractivity contribution in [3.8, 4) is 5.75 Å². The highest BCUT2D eigenvalue weighted by molar-refractivity contribution is 5.96. The van der Waals surface area contributed by atoms with Crippen LogP contribution < -0.4 is 10.1 Å². The van der Waals surface area contributed by atoms with Crippen LogP contribution in [0.4, 0.5) is 13.2 Å². The molecule has 112 valence electrons. The molecule has 7 heteroatoms. The summed E-state index contributed by atoms with van der Waals surface area (Å²) in [7, 11) is 0. The third kappa shape index (κ3) is 5.08. The molecular weight excluding hydrogens is 275 g/mol. The summed E-state index contributed by atoms with van der Waals surface area (Å²) >= 11 is 0. The highest BCUT2D eigenvalue weighted by atomic mass is 19.4. The van der Waals surface area contributed by atoms with Crippen molar-refractivity contribution in [2.24, 2.45) is 5.92 Å². The molecule has 1 aromatic carbocycles. The van der Waals surface area contributed by atoms with Gasteiger partial charge < -0.3 is 15.2 Å². The van der Waals surface area contributed by atoms with E-state index in [4.69, 9.17) is 0 Å². The van der Waals surface area contributed by atoms with Crippen LogP contribution in [0.5, 0.6) is 5.75 Å². The molecule has 0 aliphatic carbocycles. The van der Waals surface area contributed by atoms with Gasteiger partial charge in [0.05, 0.1) is 11.7 Å². The molecule has 1 aromatic rings. The van der Waals surface area contributed by atoms with Crippen molar-refractivity contribution in [2.75, 3.05) is 6.54 Å². The van der Waals surface area contributed by atoms with Gasteiger partial charge in [-0.05, 0) is 18.1 Å². The Balaban J connectivity index is 2.78. The van der Waals surface area contributed by atoms with Crippen molar-refractivity contribution in [1.82, 2.24) is 5.32 Å². The molecular formula is C13H16F3NO3. The molecule has 0 spiro atoms. The smallest absolute Gasteiger partial charge is 0.405 e. The first-order valence-electron chi connectivity index (χ1n) is 6.01. The molecule has 1 amide bonds. The fraction of sp³-hybridized carbons (Fsp3) is 0.462. The number of nitrogens with one attached hydrogen (secondary N) is 1. The highest BCUT2D eigenvalue weighted by Gasteiger charge is 2.32. The molecule has 0 bridgehead atoms. The number of aliphatic hydroxyl groups excluding tert-OH is 1. The van der Waals surface area contributed by atoms with Crippen LogP contribution in [-0.4, -0.2) is 30.0 Å². The zero-order valence-corrected chi connectivity index (χ0v) is 11.1. The van der Waals surface area contributed by atoms with Gasteiger partial charge in [0.25, 0.3) is 5.91 Å². The second-order valence-electron chi connectivity index (χ2n) is 4.57. The van der Waals surface area contributed by atoms with Crippen LogP contribution in [0, 0.1) is 5.92 Å². The maximum atomic E-state index is 12.2. The Hall–Kier alpha value is -1.76. The van der Waals surface area contributed by atoms with E-state index in [0.717, 1.165) is 6.07 Å². The van der Waals surface area contributed by atoms with E-state index in [2.05, 4.69) is 10.1 Å². The second-order valence-corrected chi connectivity index (χ2v) is 4.57. The number of benzene rings is 1. The first-order valence-corrected chi connectivity index (χ1v) is 6.01. The molecule has 0 fully saturated rings. The van der Waals surface area contributed by atoms with Crippen LogP contribution in [0.3, 0.4) is 0 Å². The fourth-order valence-electron chi connectivity index (χ4n) is 1.40. The van der Waals surface area contributed by atoms with Crippen LogP contribution in [0.25, 0.3) is 0 Å². The maximum Gasteiger partial charge on any atom is 0.573 e. The summed E-state index contributed by atoms with van der Waals surface area (Å²) in [6.45, 7) is 3.48. The lowest BCUT2D eigenvalue weighted by Gasteiger charge is -2.16. The van der Waals surface area contributed by atoms with Crippen molar-refractivity contribution < 1.29 is 27.8 Å². The Labute approximate surface area is 114 Å². The summed E-state index contributed by atoms with van der Waals surface area (Å²) in [4.78, 5) is 11.8. The predicted octanol–water partition coefficient (Wildman–Crippen LogP) is 2.33. The largest absolute Gasteiger partial charge is 0.573 e. The van der Waals surface area contributed by atoms with Crippen molar-refractivity contribution in [2.45, 2.75) is 26.3 Å². The van der Waals surface area contributed by atoms with Gasteiger partial charge in [-0.3, -0.25) is 4.79 Å². The topological polar surface area (TPSA) is 58.6 Å². The van der Waals surface area contributed by atoms with Gasteiger partial charge in [-0.2, -0.15) is 0 Å². The van der Waals surface area contributed by atoms with E-state index >= 15 is 0 Å². The van der Waals surface area contributed by atoms with Gasteiger partial charge in [0.15, 0.2) is 0 Å². The highest BCUT2D eigenvalue weighted by Crippen LogP contribution is 2.26. The number of para-hydroxylation sites is 1. The number of hydrogen-bond acceptors (Lipinski definition) is 3. The lowest BCUT2D eigenvalue weighted by Crippen LogP contribution is -2.35. The molecule has 1 rings (SSSR count). The molecule has 0 aliphatic rings. The van der Waals surface area contributed by atoms with Gasteiger partial charge >= 0.3 is 6.36 Å². The minimum atomic E-state index is -4.87. The Morgan fingerprint density at radius 1 is 1.35 bits per heavy atom. The average Bonchev–Trinajstić information content (AvgIpc) is 2.34. The predicted molar refractivity (Wildman–Crippen MR) is 66.3 cm³/mol. The first kappa shape index (κ1) is 16.3. The number of ether oxygens (including phenoxy) is 1. The van der Waals surface area contributed by atoms with Gasteiger partial charge in [0, 0.05) is 6.54 Å². The van der Waals surface area contributed by atoms with Crippen LogP contribution >= 0.6 is 0 Å². The van der Waals surface area contributed by atoms with Crippen LogP contribution in [0.1, 0.15) is 24.2 Å². The number of hydrogen-bond donors (Lipinski definition) is 2. The molecule has 0 heterocycles. The van der Waals surface area contributed by atoms with E-state index in [9.17, 15) is 23.1 Å². The summed E-state index contributed by atoms with van der Waals surface area (Å²) in [6, 6.07) is 5.04. The third-order valence-electron chi connectivity index (χ3n) is 2.60. The quantitative estimate of drug-likeness (QED) is 0.875. The van der Waals surface area contributed by atoms with Gasteiger partial charge in [0.1, 0.15) is 5.75 Å². The van der Waals surface area contributed by atoms with Gasteiger partial charge in [-0.15, -0.1) is 13.2 Å². The van der Waals surface area contributed by atoms with Crippen LogP contribution in [0.15, 0.2) is 24.3 Å². The van der Waals surface area contributed by atoms with Gasteiger partial charge in [-0.1, -0.05) is 26.0 Å². The number of carbonyl (C=O) groups is 1. The van der Waals surface area contributed by atoms with Crippen molar-refractivity contribution in [3.63, 3.8) is 0 Å². The standard InChI is InChI=1S/C13H16F3NO3/c1-8(2)10(18)7-17-12(19)9-5-3-4-6-11(9)20-13(14,15)16/h3-6,8,10,18H,7H2,1-2H3,(H,17,19). The number of alkyl halides is 3. The third-order valence-corrected chi connectivity index (χ3v) is 2.60. The average molecular weight is 291 g/mol. The summed E-state index contributed by atoms with van der Waals surface area (Å²) in [5.74, 6) is -1.38. The zero-order chi connectivity index (χ0) is 15.3. The van der Waals surface area contributed by atoms with Crippen molar-refractivity contribution >= 4 is 5.91 Å². The molecule has 1 unspecified atom stereocenters. The molecule has 0 radical (unpaired) electrons. The summed E-state index contributed by atoms with van der Waals surface area (Å²) in [5, 5.41) is 11.9. The number of halogens is 3. The van der Waals surface area contributed by atoms with E-state index < -0.39 is 24.1 Å². The van der Waals surface area contributed by atoms with E-state index in [1.54, 1.807) is 13.8 Å². The molecule has 20 heavy (non-hydrogen) atoms. The number of amides is 1. The summed E-state index contributed by atoms with van der Waals surface area (Å²) in [6.07, 6.45) is -5.64. The molecule has 0 saturated carbocycles. The number of carbonyl (C=O) groups excluding carboxylic acids is 1. The van der Waals surface area contributed by atoms with Crippen LogP contribution in [0.2, 0.25) is 0 Å². The van der Waals surface area contributed by atoms with Crippen molar-refractivity contribution in [3.05, 3.63) is 29.8 Å². The lowest BCUT2D eigenvalue weighted by molar-refractivity contribution is -0.274. The van der Waals surface area contributed by atoms with Gasteiger partial charge in [0.2, 0.25) is 0 Å². The minimum Gasteiger partial charge on any atom is -0.405 e. The first-order chi connectivity index (χ1) is 9.20. The van der Waals surface area contributed by atoms with Crippen molar-refractivity contribution in [1.29, 1.82) is 0 Å². The van der Waals surface area contributed by atoms with Crippen LogP contribution in [-0.2, 0) is 0 Å². The SMILES string of the molecule is CC(C)C(O)CNC(=O)c1ccccc1OC(F)(F)F. The van der Waals surface area contributed by atoms with E-state index in [-0.39, 0.29) is 18.0 Å². The molecule has 0 aromatic heterocycles. The van der Waals surface area contributed by atoms with E-state index in [1.165, 1.54) is 18.2 Å². The number of rotatable bonds is 5. The maximum absolute atomic E-state index is 12.2. The lowest BCUT2D eigenvalue weighted by atomic mass is 10.1. The molecule has 1 atom stereocenters. The summed E-state index contributed by atoms with van der Waals surface area (Å²) in [5.41, 5.74) is -0.235. The second kappa shape index (κ2) is 6.60. The van der Waals surface area contributed by atoms with Gasteiger partial charge in [-0.25, -0.2) is 0 Å². The monoisotopic (exact) mass is 291 g/mol. The minimum absolute atomic E-state index is 0.0448. The normalized spacial score (nSPS) is 13.2. The van der Waals surface area contributed by atoms with E-state index in [0.29, 0.717) is 0 Å².